The summed E-state index contributed by atoms with van der Waals surface area (Å²) >= 11 is 0. The van der Waals surface area contributed by atoms with E-state index in [1.54, 1.807) is 6.07 Å². The Kier molecular flexibility index (Phi) is 3.18. The molecule has 0 aliphatic carbocycles. The molecule has 0 radical (unpaired) electrons. The Hall–Kier alpha value is -2.21. The van der Waals surface area contributed by atoms with Crippen LogP contribution in [0.3, 0.4) is 0 Å². The molecule has 114 valence electrons. The third kappa shape index (κ3) is 2.29. The van der Waals surface area contributed by atoms with Crippen molar-refractivity contribution in [2.24, 2.45) is 0 Å². The summed E-state index contributed by atoms with van der Waals surface area (Å²) in [7, 11) is 0. The number of fused-ring (bicyclic) bond motifs is 1. The average Bonchev–Trinajstić information content (AvgIpc) is 3.21. The second-order valence-electron chi connectivity index (χ2n) is 5.70. The maximum absolute atomic E-state index is 13.5. The predicted molar refractivity (Wildman–Crippen MR) is 78.3 cm³/mol. The third-order valence-electron chi connectivity index (χ3n) is 4.19. The topological polar surface area (TPSA) is 63.9 Å². The molecule has 3 heterocycles. The van der Waals surface area contributed by atoms with Gasteiger partial charge in [-0.2, -0.15) is 4.98 Å². The van der Waals surface area contributed by atoms with Crippen LogP contribution < -0.4 is 0 Å². The van der Waals surface area contributed by atoms with Crippen molar-refractivity contribution in [1.29, 1.82) is 0 Å². The normalized spacial score (nSPS) is 18.4. The van der Waals surface area contributed by atoms with Crippen LogP contribution in [0.1, 0.15) is 35.3 Å². The molecule has 6 heteroatoms. The molecule has 0 unspecified atom stereocenters. The third-order valence-corrected chi connectivity index (χ3v) is 4.19. The highest BCUT2D eigenvalue weighted by Crippen LogP contribution is 2.27. The SMILES string of the molecule is Cc1[nH]c2ccc(F)cc2c1Cc1nc([C@@H]2CCOC2)no1. The molecule has 0 amide bonds. The molecule has 22 heavy (non-hydrogen) atoms. The Morgan fingerprint density at radius 3 is 3.14 bits per heavy atom. The number of aryl methyl sites for hydroxylation is 1. The van der Waals surface area contributed by atoms with Gasteiger partial charge in [-0.25, -0.2) is 4.39 Å². The molecule has 1 N–H and O–H groups in total. The molecule has 1 saturated heterocycles. The molecule has 1 fully saturated rings. The van der Waals surface area contributed by atoms with Gasteiger partial charge < -0.3 is 14.2 Å². The lowest BCUT2D eigenvalue weighted by molar-refractivity contribution is 0.192. The molecule has 1 aliphatic heterocycles. The number of aromatic amines is 1. The Morgan fingerprint density at radius 2 is 2.32 bits per heavy atom. The maximum atomic E-state index is 13.5. The Bertz CT molecular complexity index is 818. The molecule has 0 saturated carbocycles. The van der Waals surface area contributed by atoms with E-state index < -0.39 is 0 Å². The van der Waals surface area contributed by atoms with Crippen LogP contribution >= 0.6 is 0 Å². The van der Waals surface area contributed by atoms with Gasteiger partial charge in [0.25, 0.3) is 0 Å². The van der Waals surface area contributed by atoms with Gasteiger partial charge in [-0.1, -0.05) is 5.16 Å². The van der Waals surface area contributed by atoms with Gasteiger partial charge in [-0.05, 0) is 37.1 Å². The molecule has 2 aromatic heterocycles. The first-order valence-electron chi connectivity index (χ1n) is 7.37. The fraction of sp³-hybridized carbons (Fsp3) is 0.375. The molecule has 1 atom stereocenters. The molecule has 0 bridgehead atoms. The molecule has 3 aromatic rings. The van der Waals surface area contributed by atoms with E-state index >= 15 is 0 Å². The van der Waals surface area contributed by atoms with E-state index in [2.05, 4.69) is 15.1 Å². The van der Waals surface area contributed by atoms with E-state index in [-0.39, 0.29) is 11.7 Å². The van der Waals surface area contributed by atoms with E-state index in [1.165, 1.54) is 12.1 Å². The summed E-state index contributed by atoms with van der Waals surface area (Å²) in [4.78, 5) is 7.73. The average molecular weight is 301 g/mol. The molecule has 5 nitrogen and oxygen atoms in total. The minimum absolute atomic E-state index is 0.221. The predicted octanol–water partition coefficient (Wildman–Crippen LogP) is 3.09. The van der Waals surface area contributed by atoms with Crippen molar-refractivity contribution in [2.75, 3.05) is 13.2 Å². The summed E-state index contributed by atoms with van der Waals surface area (Å²) in [6, 6.07) is 4.74. The summed E-state index contributed by atoms with van der Waals surface area (Å²) < 4.78 is 24.2. The lowest BCUT2D eigenvalue weighted by atomic mass is 10.1. The number of hydrogen-bond acceptors (Lipinski definition) is 4. The standard InChI is InChI=1S/C16H16FN3O2/c1-9-12(13-6-11(17)2-3-14(13)18-9)7-15-19-16(20-22-15)10-4-5-21-8-10/h2-3,6,10,18H,4-5,7-8H2,1H3/t10-/m1/s1. The highest BCUT2D eigenvalue weighted by atomic mass is 19.1. The van der Waals surface area contributed by atoms with Gasteiger partial charge in [-0.3, -0.25) is 0 Å². The van der Waals surface area contributed by atoms with E-state index in [9.17, 15) is 4.39 Å². The summed E-state index contributed by atoms with van der Waals surface area (Å²) in [5.41, 5.74) is 2.90. The molecular weight excluding hydrogens is 285 g/mol. The number of nitrogens with zero attached hydrogens (tertiary/aromatic N) is 2. The zero-order valence-electron chi connectivity index (χ0n) is 12.2. The second kappa shape index (κ2) is 5.21. The Balaban J connectivity index is 1.66. The van der Waals surface area contributed by atoms with Gasteiger partial charge in [0.15, 0.2) is 5.82 Å². The van der Waals surface area contributed by atoms with E-state index in [1.807, 2.05) is 6.92 Å². The fourth-order valence-electron chi connectivity index (χ4n) is 2.98. The number of H-pyrrole nitrogens is 1. The Labute approximate surface area is 126 Å². The van der Waals surface area contributed by atoms with E-state index in [0.29, 0.717) is 24.7 Å². The number of halogens is 1. The minimum atomic E-state index is -0.248. The van der Waals surface area contributed by atoms with Gasteiger partial charge in [0.2, 0.25) is 5.89 Å². The van der Waals surface area contributed by atoms with Crippen molar-refractivity contribution in [1.82, 2.24) is 15.1 Å². The summed E-state index contributed by atoms with van der Waals surface area (Å²) in [5, 5.41) is 4.92. The van der Waals surface area contributed by atoms with Crippen LogP contribution in [0.4, 0.5) is 4.39 Å². The summed E-state index contributed by atoms with van der Waals surface area (Å²) in [6.45, 7) is 3.36. The van der Waals surface area contributed by atoms with Gasteiger partial charge in [0, 0.05) is 29.1 Å². The van der Waals surface area contributed by atoms with Crippen molar-refractivity contribution in [3.63, 3.8) is 0 Å². The summed E-state index contributed by atoms with van der Waals surface area (Å²) in [6.07, 6.45) is 1.42. The van der Waals surface area contributed by atoms with Crippen molar-refractivity contribution in [3.05, 3.63) is 47.0 Å². The molecule has 1 aromatic carbocycles. The monoisotopic (exact) mass is 301 g/mol. The van der Waals surface area contributed by atoms with Crippen LogP contribution in [0.25, 0.3) is 10.9 Å². The van der Waals surface area contributed by atoms with Crippen LogP contribution in [0, 0.1) is 12.7 Å². The fourth-order valence-corrected chi connectivity index (χ4v) is 2.98. The molecule has 1 aliphatic rings. The largest absolute Gasteiger partial charge is 0.381 e. The first-order chi connectivity index (χ1) is 10.7. The zero-order chi connectivity index (χ0) is 15.1. The van der Waals surface area contributed by atoms with Crippen molar-refractivity contribution < 1.29 is 13.7 Å². The minimum Gasteiger partial charge on any atom is -0.381 e. The van der Waals surface area contributed by atoms with Gasteiger partial charge in [0.1, 0.15) is 5.82 Å². The van der Waals surface area contributed by atoms with Gasteiger partial charge in [0.05, 0.1) is 13.0 Å². The number of ether oxygens (including phenoxy) is 1. The van der Waals surface area contributed by atoms with E-state index in [0.717, 1.165) is 35.2 Å². The highest BCUT2D eigenvalue weighted by Gasteiger charge is 2.23. The smallest absolute Gasteiger partial charge is 0.231 e. The maximum Gasteiger partial charge on any atom is 0.231 e. The number of rotatable bonds is 3. The van der Waals surface area contributed by atoms with Crippen LogP contribution in [0.2, 0.25) is 0 Å². The van der Waals surface area contributed by atoms with Crippen molar-refractivity contribution >= 4 is 10.9 Å². The number of hydrogen-bond donors (Lipinski definition) is 1. The first-order valence-corrected chi connectivity index (χ1v) is 7.37. The van der Waals surface area contributed by atoms with Crippen molar-refractivity contribution in [2.45, 2.75) is 25.7 Å². The lowest BCUT2D eigenvalue weighted by Crippen LogP contribution is -2.00. The lowest BCUT2D eigenvalue weighted by Gasteiger charge is -1.99. The van der Waals surface area contributed by atoms with Crippen LogP contribution in [0.15, 0.2) is 22.7 Å². The van der Waals surface area contributed by atoms with Crippen LogP contribution in [0.5, 0.6) is 0 Å². The van der Waals surface area contributed by atoms with E-state index in [4.69, 9.17) is 9.26 Å². The molecule has 0 spiro atoms. The van der Waals surface area contributed by atoms with Crippen LogP contribution in [-0.2, 0) is 11.2 Å². The van der Waals surface area contributed by atoms with Gasteiger partial charge in [-0.15, -0.1) is 0 Å². The second-order valence-corrected chi connectivity index (χ2v) is 5.70. The number of benzene rings is 1. The number of nitrogens with one attached hydrogen (secondary N) is 1. The van der Waals surface area contributed by atoms with Gasteiger partial charge >= 0.3 is 0 Å². The zero-order valence-corrected chi connectivity index (χ0v) is 12.2. The quantitative estimate of drug-likeness (QED) is 0.807. The Morgan fingerprint density at radius 1 is 1.41 bits per heavy atom. The molecule has 4 rings (SSSR count). The summed E-state index contributed by atoms with van der Waals surface area (Å²) in [5.74, 6) is 1.23. The number of aromatic nitrogens is 3. The van der Waals surface area contributed by atoms with Crippen LogP contribution in [-0.4, -0.2) is 28.3 Å². The molecular formula is C16H16FN3O2. The van der Waals surface area contributed by atoms with Crippen molar-refractivity contribution in [3.8, 4) is 0 Å². The highest BCUT2D eigenvalue weighted by molar-refractivity contribution is 5.84. The first kappa shape index (κ1) is 13.5.